The lowest BCUT2D eigenvalue weighted by atomic mass is 10.1. The maximum absolute atomic E-state index is 5.47. The Hall–Kier alpha value is -2.63. The van der Waals surface area contributed by atoms with Crippen LogP contribution >= 0.6 is 0 Å². The minimum atomic E-state index is 0.304. The zero-order valence-corrected chi connectivity index (χ0v) is 8.82. The highest BCUT2D eigenvalue weighted by Gasteiger charge is 2.04. The van der Waals surface area contributed by atoms with E-state index in [-0.39, 0.29) is 0 Å². The van der Waals surface area contributed by atoms with Gasteiger partial charge in [-0.1, -0.05) is 17.3 Å². The van der Waals surface area contributed by atoms with Crippen molar-refractivity contribution in [2.45, 2.75) is 0 Å². The molecule has 2 heterocycles. The Kier molecular flexibility index (Phi) is 2.11. The third kappa shape index (κ3) is 1.76. The number of anilines is 1. The number of rotatable bonds is 2. The van der Waals surface area contributed by atoms with Crippen LogP contribution in [-0.4, -0.2) is 20.2 Å². The van der Waals surface area contributed by atoms with Crippen molar-refractivity contribution in [1.82, 2.24) is 20.2 Å². The first-order valence-electron chi connectivity index (χ1n) is 5.02. The molecule has 0 saturated carbocycles. The van der Waals surface area contributed by atoms with Crippen molar-refractivity contribution in [2.24, 2.45) is 0 Å². The molecule has 2 N–H and O–H groups in total. The molecule has 0 amide bonds. The summed E-state index contributed by atoms with van der Waals surface area (Å²) in [5.74, 6) is 0.304. The Bertz CT molecular complexity index is 612. The minimum absolute atomic E-state index is 0.304. The topological polar surface area (TPSA) is 82.8 Å². The molecule has 6 heteroatoms. The van der Waals surface area contributed by atoms with Crippen LogP contribution in [0.25, 0.3) is 16.9 Å². The smallest absolute Gasteiger partial charge is 0.222 e. The maximum atomic E-state index is 5.47. The fourth-order valence-corrected chi connectivity index (χ4v) is 1.54. The van der Waals surface area contributed by atoms with E-state index in [1.54, 1.807) is 23.3 Å². The number of nitrogen functional groups attached to an aromatic ring is 1. The number of nitrogens with zero attached hydrogens (tertiary/aromatic N) is 4. The average molecular weight is 227 g/mol. The van der Waals surface area contributed by atoms with Gasteiger partial charge >= 0.3 is 0 Å². The Labute approximate surface area is 96.6 Å². The van der Waals surface area contributed by atoms with Crippen LogP contribution in [0.2, 0.25) is 0 Å². The summed E-state index contributed by atoms with van der Waals surface area (Å²) in [5.41, 5.74) is 8.00. The normalized spacial score (nSPS) is 10.6. The van der Waals surface area contributed by atoms with E-state index in [2.05, 4.69) is 15.4 Å². The van der Waals surface area contributed by atoms with Crippen molar-refractivity contribution in [2.75, 3.05) is 5.73 Å². The second kappa shape index (κ2) is 3.75. The second-order valence-corrected chi connectivity index (χ2v) is 3.48. The second-order valence-electron chi connectivity index (χ2n) is 3.48. The van der Waals surface area contributed by atoms with Gasteiger partial charge in [-0.25, -0.2) is 0 Å². The van der Waals surface area contributed by atoms with E-state index in [0.717, 1.165) is 11.3 Å². The quantitative estimate of drug-likeness (QED) is 0.717. The fourth-order valence-electron chi connectivity index (χ4n) is 1.54. The van der Waals surface area contributed by atoms with E-state index >= 15 is 0 Å². The molecule has 0 unspecified atom stereocenters. The molecule has 0 radical (unpaired) electrons. The van der Waals surface area contributed by atoms with E-state index in [0.29, 0.717) is 11.6 Å². The lowest BCUT2D eigenvalue weighted by Gasteiger charge is -2.00. The van der Waals surface area contributed by atoms with Crippen molar-refractivity contribution in [3.63, 3.8) is 0 Å². The predicted octanol–water partition coefficient (Wildman–Crippen LogP) is 1.50. The van der Waals surface area contributed by atoms with Crippen LogP contribution < -0.4 is 5.73 Å². The molecule has 2 aromatic heterocycles. The van der Waals surface area contributed by atoms with Crippen molar-refractivity contribution in [3.05, 3.63) is 42.7 Å². The number of benzene rings is 1. The van der Waals surface area contributed by atoms with Crippen LogP contribution in [0.3, 0.4) is 0 Å². The molecule has 3 aromatic rings. The highest BCUT2D eigenvalue weighted by atomic mass is 16.5. The molecule has 84 valence electrons. The van der Waals surface area contributed by atoms with E-state index in [9.17, 15) is 0 Å². The lowest BCUT2D eigenvalue weighted by Crippen LogP contribution is -1.97. The van der Waals surface area contributed by atoms with Crippen LogP contribution in [0.4, 0.5) is 5.88 Å². The monoisotopic (exact) mass is 227 g/mol. The van der Waals surface area contributed by atoms with Gasteiger partial charge in [0.05, 0.1) is 18.1 Å². The van der Waals surface area contributed by atoms with Gasteiger partial charge in [0.2, 0.25) is 5.88 Å². The largest absolute Gasteiger partial charge is 0.368 e. The van der Waals surface area contributed by atoms with Gasteiger partial charge in [-0.3, -0.25) is 0 Å². The van der Waals surface area contributed by atoms with Gasteiger partial charge in [-0.05, 0) is 12.1 Å². The standard InChI is InChI=1S/C11H9N5O/c12-11-7-10(15-17-11)8-1-3-9(4-2-8)16-13-5-6-14-16/h1-7H,12H2. The summed E-state index contributed by atoms with van der Waals surface area (Å²) in [4.78, 5) is 1.54. The SMILES string of the molecule is Nc1cc(-c2ccc(-n3nccn3)cc2)no1. The number of nitrogens with two attached hydrogens (primary N) is 1. The van der Waals surface area contributed by atoms with Crippen molar-refractivity contribution in [1.29, 1.82) is 0 Å². The molecule has 17 heavy (non-hydrogen) atoms. The summed E-state index contributed by atoms with van der Waals surface area (Å²) < 4.78 is 4.82. The number of aromatic nitrogens is 4. The summed E-state index contributed by atoms with van der Waals surface area (Å²) in [6.07, 6.45) is 3.26. The molecule has 6 nitrogen and oxygen atoms in total. The van der Waals surface area contributed by atoms with E-state index in [1.165, 1.54) is 0 Å². The first-order valence-corrected chi connectivity index (χ1v) is 5.02. The fraction of sp³-hybridized carbons (Fsp3) is 0. The van der Waals surface area contributed by atoms with E-state index in [4.69, 9.17) is 10.3 Å². The first kappa shape index (κ1) is 9.59. The van der Waals surface area contributed by atoms with Gasteiger partial charge in [0.1, 0.15) is 5.69 Å². The first-order chi connectivity index (χ1) is 8.33. The van der Waals surface area contributed by atoms with E-state index in [1.807, 2.05) is 24.3 Å². The summed E-state index contributed by atoms with van der Waals surface area (Å²) in [6, 6.07) is 9.31. The molecular formula is C11H9N5O. The van der Waals surface area contributed by atoms with Gasteiger partial charge in [-0.2, -0.15) is 15.0 Å². The number of hydrogen-bond donors (Lipinski definition) is 1. The molecule has 0 aliphatic heterocycles. The summed E-state index contributed by atoms with van der Waals surface area (Å²) in [6.45, 7) is 0. The zero-order chi connectivity index (χ0) is 11.7. The Morgan fingerprint density at radius 3 is 2.35 bits per heavy atom. The van der Waals surface area contributed by atoms with Gasteiger partial charge in [0, 0.05) is 11.6 Å². The molecule has 0 saturated heterocycles. The highest BCUT2D eigenvalue weighted by Crippen LogP contribution is 2.21. The lowest BCUT2D eigenvalue weighted by molar-refractivity contribution is 0.439. The van der Waals surface area contributed by atoms with E-state index < -0.39 is 0 Å². The van der Waals surface area contributed by atoms with Crippen LogP contribution in [0.15, 0.2) is 47.2 Å². The molecule has 0 bridgehead atoms. The molecule has 0 aliphatic carbocycles. The van der Waals surface area contributed by atoms with Crippen LogP contribution in [-0.2, 0) is 0 Å². The maximum Gasteiger partial charge on any atom is 0.222 e. The van der Waals surface area contributed by atoms with Crippen LogP contribution in [0.1, 0.15) is 0 Å². The van der Waals surface area contributed by atoms with Gasteiger partial charge in [-0.15, -0.1) is 0 Å². The van der Waals surface area contributed by atoms with Crippen molar-refractivity contribution >= 4 is 5.88 Å². The molecule has 0 fully saturated rings. The average Bonchev–Trinajstić information content (AvgIpc) is 3.00. The number of hydrogen-bond acceptors (Lipinski definition) is 5. The van der Waals surface area contributed by atoms with Gasteiger partial charge in [0.25, 0.3) is 0 Å². The summed E-state index contributed by atoms with van der Waals surface area (Å²) in [5, 5.41) is 11.9. The van der Waals surface area contributed by atoms with Crippen molar-refractivity contribution < 1.29 is 4.52 Å². The molecular weight excluding hydrogens is 218 g/mol. The highest BCUT2D eigenvalue weighted by molar-refractivity contribution is 5.62. The summed E-state index contributed by atoms with van der Waals surface area (Å²) >= 11 is 0. The predicted molar refractivity (Wildman–Crippen MR) is 61.3 cm³/mol. The molecule has 3 rings (SSSR count). The van der Waals surface area contributed by atoms with Gasteiger partial charge < -0.3 is 10.3 Å². The zero-order valence-electron chi connectivity index (χ0n) is 8.82. The van der Waals surface area contributed by atoms with Crippen molar-refractivity contribution in [3.8, 4) is 16.9 Å². The van der Waals surface area contributed by atoms with Crippen LogP contribution in [0, 0.1) is 0 Å². The molecule has 1 aromatic carbocycles. The minimum Gasteiger partial charge on any atom is -0.368 e. The Morgan fingerprint density at radius 2 is 1.76 bits per heavy atom. The summed E-state index contributed by atoms with van der Waals surface area (Å²) in [7, 11) is 0. The molecule has 0 atom stereocenters. The third-order valence-corrected chi connectivity index (χ3v) is 2.34. The van der Waals surface area contributed by atoms with Crippen LogP contribution in [0.5, 0.6) is 0 Å². The molecule has 0 aliphatic rings. The third-order valence-electron chi connectivity index (χ3n) is 2.34. The molecule has 0 spiro atoms. The Balaban J connectivity index is 1.95. The Morgan fingerprint density at radius 1 is 1.06 bits per heavy atom. The van der Waals surface area contributed by atoms with Gasteiger partial charge in [0.15, 0.2) is 0 Å².